The first-order valence-corrected chi connectivity index (χ1v) is 6.15. The van der Waals surface area contributed by atoms with E-state index in [4.69, 9.17) is 10.8 Å². The Hall–Kier alpha value is -1.10. The molecule has 0 aromatic carbocycles. The molecule has 0 spiro atoms. The van der Waals surface area contributed by atoms with Gasteiger partial charge in [0.05, 0.1) is 0 Å². The number of carboxylic acids is 1. The van der Waals surface area contributed by atoms with Gasteiger partial charge in [-0.2, -0.15) is 0 Å². The first-order valence-electron chi connectivity index (χ1n) is 6.15. The Morgan fingerprint density at radius 2 is 1.88 bits per heavy atom. The quantitative estimate of drug-likeness (QED) is 0.667. The van der Waals surface area contributed by atoms with Crippen LogP contribution in [0.2, 0.25) is 0 Å². The van der Waals surface area contributed by atoms with Crippen LogP contribution in [0.15, 0.2) is 0 Å². The zero-order valence-corrected chi connectivity index (χ0v) is 10.5. The number of hydrogen-bond donors (Lipinski definition) is 3. The third kappa shape index (κ3) is 4.00. The van der Waals surface area contributed by atoms with Crippen molar-refractivity contribution < 1.29 is 14.7 Å². The first kappa shape index (κ1) is 14.0. The molecule has 98 valence electrons. The van der Waals surface area contributed by atoms with Crippen LogP contribution in [0, 0.1) is 5.92 Å². The Morgan fingerprint density at radius 3 is 2.29 bits per heavy atom. The SMILES string of the molecule is CC(C)C(NC(=O)CC1(N)CCCC1)C(=O)O. The standard InChI is InChI=1S/C12H22N2O3/c1-8(2)10(11(16)17)14-9(15)7-12(13)5-3-4-6-12/h8,10H,3-7,13H2,1-2H3,(H,14,15)(H,16,17). The second kappa shape index (κ2) is 5.49. The zero-order chi connectivity index (χ0) is 13.1. The maximum Gasteiger partial charge on any atom is 0.326 e. The molecule has 5 heteroatoms. The highest BCUT2D eigenvalue weighted by Gasteiger charge is 2.33. The van der Waals surface area contributed by atoms with Crippen molar-refractivity contribution in [3.05, 3.63) is 0 Å². The summed E-state index contributed by atoms with van der Waals surface area (Å²) in [5.74, 6) is -1.38. The van der Waals surface area contributed by atoms with Crippen molar-refractivity contribution in [1.82, 2.24) is 5.32 Å². The van der Waals surface area contributed by atoms with Crippen LogP contribution in [0.3, 0.4) is 0 Å². The molecule has 17 heavy (non-hydrogen) atoms. The van der Waals surface area contributed by atoms with Gasteiger partial charge in [-0.05, 0) is 18.8 Å². The molecule has 1 saturated carbocycles. The summed E-state index contributed by atoms with van der Waals surface area (Å²) in [5.41, 5.74) is 5.65. The molecule has 0 saturated heterocycles. The predicted molar refractivity (Wildman–Crippen MR) is 64.4 cm³/mol. The fourth-order valence-corrected chi connectivity index (χ4v) is 2.31. The Balaban J connectivity index is 2.50. The largest absolute Gasteiger partial charge is 0.480 e. The highest BCUT2D eigenvalue weighted by atomic mass is 16.4. The minimum absolute atomic E-state index is 0.131. The van der Waals surface area contributed by atoms with Gasteiger partial charge in [-0.1, -0.05) is 26.7 Å². The molecule has 1 rings (SSSR count). The average Bonchev–Trinajstić information content (AvgIpc) is 2.60. The molecule has 1 aliphatic carbocycles. The third-order valence-corrected chi connectivity index (χ3v) is 3.36. The van der Waals surface area contributed by atoms with E-state index in [-0.39, 0.29) is 18.2 Å². The molecule has 1 fully saturated rings. The van der Waals surface area contributed by atoms with E-state index in [2.05, 4.69) is 5.32 Å². The van der Waals surface area contributed by atoms with E-state index in [0.29, 0.717) is 0 Å². The number of amides is 1. The van der Waals surface area contributed by atoms with E-state index in [1.54, 1.807) is 13.8 Å². The van der Waals surface area contributed by atoms with Gasteiger partial charge in [0.25, 0.3) is 0 Å². The van der Waals surface area contributed by atoms with E-state index in [1.165, 1.54) is 0 Å². The lowest BCUT2D eigenvalue weighted by molar-refractivity contribution is -0.143. The second-order valence-corrected chi connectivity index (χ2v) is 5.37. The minimum Gasteiger partial charge on any atom is -0.480 e. The van der Waals surface area contributed by atoms with Crippen molar-refractivity contribution in [3.63, 3.8) is 0 Å². The van der Waals surface area contributed by atoms with Crippen molar-refractivity contribution >= 4 is 11.9 Å². The Labute approximate surface area is 102 Å². The molecular weight excluding hydrogens is 220 g/mol. The molecule has 1 aliphatic rings. The van der Waals surface area contributed by atoms with Crippen LogP contribution in [0.25, 0.3) is 0 Å². The van der Waals surface area contributed by atoms with Gasteiger partial charge in [0.1, 0.15) is 6.04 Å². The summed E-state index contributed by atoms with van der Waals surface area (Å²) in [6, 6.07) is -0.826. The molecular formula is C12H22N2O3. The molecule has 0 aliphatic heterocycles. The molecule has 0 radical (unpaired) electrons. The number of carboxylic acid groups (broad SMARTS) is 1. The molecule has 0 aromatic heterocycles. The monoisotopic (exact) mass is 242 g/mol. The molecule has 4 N–H and O–H groups in total. The van der Waals surface area contributed by atoms with Crippen molar-refractivity contribution in [2.75, 3.05) is 0 Å². The lowest BCUT2D eigenvalue weighted by Crippen LogP contribution is -2.48. The summed E-state index contributed by atoms with van der Waals surface area (Å²) < 4.78 is 0. The van der Waals surface area contributed by atoms with Gasteiger partial charge in [-0.3, -0.25) is 4.79 Å². The summed E-state index contributed by atoms with van der Waals surface area (Å²) in [7, 11) is 0. The van der Waals surface area contributed by atoms with Gasteiger partial charge < -0.3 is 16.2 Å². The number of carbonyl (C=O) groups excluding carboxylic acids is 1. The highest BCUT2D eigenvalue weighted by molar-refractivity contribution is 5.84. The molecule has 0 heterocycles. The smallest absolute Gasteiger partial charge is 0.326 e. The van der Waals surface area contributed by atoms with Crippen LogP contribution >= 0.6 is 0 Å². The summed E-state index contributed by atoms with van der Waals surface area (Å²) in [6.45, 7) is 3.54. The van der Waals surface area contributed by atoms with Crippen LogP contribution in [-0.2, 0) is 9.59 Å². The molecule has 5 nitrogen and oxygen atoms in total. The van der Waals surface area contributed by atoms with Crippen LogP contribution in [0.5, 0.6) is 0 Å². The molecule has 1 atom stereocenters. The number of nitrogens with one attached hydrogen (secondary N) is 1. The van der Waals surface area contributed by atoms with E-state index < -0.39 is 17.6 Å². The number of hydrogen-bond acceptors (Lipinski definition) is 3. The fourth-order valence-electron chi connectivity index (χ4n) is 2.31. The van der Waals surface area contributed by atoms with Crippen LogP contribution in [-0.4, -0.2) is 28.6 Å². The van der Waals surface area contributed by atoms with Crippen LogP contribution in [0.4, 0.5) is 0 Å². The van der Waals surface area contributed by atoms with E-state index >= 15 is 0 Å². The van der Waals surface area contributed by atoms with Gasteiger partial charge in [0.15, 0.2) is 0 Å². The number of aliphatic carboxylic acids is 1. The third-order valence-electron chi connectivity index (χ3n) is 3.36. The molecule has 0 bridgehead atoms. The van der Waals surface area contributed by atoms with Crippen molar-refractivity contribution in [3.8, 4) is 0 Å². The van der Waals surface area contributed by atoms with Crippen LogP contribution < -0.4 is 11.1 Å². The molecule has 0 aromatic rings. The minimum atomic E-state index is -0.995. The van der Waals surface area contributed by atoms with Gasteiger partial charge >= 0.3 is 5.97 Å². The van der Waals surface area contributed by atoms with E-state index in [1.807, 2.05) is 0 Å². The van der Waals surface area contributed by atoms with E-state index in [0.717, 1.165) is 25.7 Å². The lowest BCUT2D eigenvalue weighted by Gasteiger charge is -2.25. The number of carbonyl (C=O) groups is 2. The predicted octanol–water partition coefficient (Wildman–Crippen LogP) is 0.873. The molecule has 1 unspecified atom stereocenters. The highest BCUT2D eigenvalue weighted by Crippen LogP contribution is 2.29. The number of rotatable bonds is 5. The maximum absolute atomic E-state index is 11.8. The van der Waals surface area contributed by atoms with Crippen molar-refractivity contribution in [1.29, 1.82) is 0 Å². The normalized spacial score (nSPS) is 20.2. The summed E-state index contributed by atoms with van der Waals surface area (Å²) in [6.07, 6.45) is 4.02. The summed E-state index contributed by atoms with van der Waals surface area (Å²) in [5, 5.41) is 11.5. The summed E-state index contributed by atoms with van der Waals surface area (Å²) in [4.78, 5) is 22.7. The van der Waals surface area contributed by atoms with Crippen molar-refractivity contribution in [2.24, 2.45) is 11.7 Å². The van der Waals surface area contributed by atoms with Crippen molar-refractivity contribution in [2.45, 2.75) is 57.5 Å². The Kier molecular flexibility index (Phi) is 4.51. The van der Waals surface area contributed by atoms with Gasteiger partial charge in [-0.15, -0.1) is 0 Å². The Bertz CT molecular complexity index is 296. The number of nitrogens with two attached hydrogens (primary N) is 1. The van der Waals surface area contributed by atoms with Gasteiger partial charge in [-0.25, -0.2) is 4.79 Å². The van der Waals surface area contributed by atoms with Gasteiger partial charge in [0.2, 0.25) is 5.91 Å². The Morgan fingerprint density at radius 1 is 1.35 bits per heavy atom. The zero-order valence-electron chi connectivity index (χ0n) is 10.5. The maximum atomic E-state index is 11.8. The summed E-state index contributed by atoms with van der Waals surface area (Å²) >= 11 is 0. The van der Waals surface area contributed by atoms with E-state index in [9.17, 15) is 9.59 Å². The fraction of sp³-hybridized carbons (Fsp3) is 0.833. The lowest BCUT2D eigenvalue weighted by atomic mass is 9.94. The average molecular weight is 242 g/mol. The van der Waals surface area contributed by atoms with Gasteiger partial charge in [0, 0.05) is 12.0 Å². The molecule has 1 amide bonds. The second-order valence-electron chi connectivity index (χ2n) is 5.37. The topological polar surface area (TPSA) is 92.4 Å². The first-order chi connectivity index (χ1) is 7.84. The van der Waals surface area contributed by atoms with Crippen LogP contribution in [0.1, 0.15) is 46.0 Å².